The molecule has 0 saturated carbocycles. The molecule has 1 unspecified atom stereocenters. The van der Waals surface area contributed by atoms with Crippen LogP contribution in [0.3, 0.4) is 0 Å². The zero-order valence-corrected chi connectivity index (χ0v) is 16.9. The predicted octanol–water partition coefficient (Wildman–Crippen LogP) is 5.94. The van der Waals surface area contributed by atoms with E-state index in [1.165, 1.54) is 23.7 Å². The number of halogens is 6. The van der Waals surface area contributed by atoms with E-state index in [4.69, 9.17) is 11.6 Å². The fraction of sp³-hybridized carbons (Fsp3) is 0.526. The maximum Gasteiger partial charge on any atom is 0.389 e. The fourth-order valence-electron chi connectivity index (χ4n) is 2.98. The number of hydrogen-bond acceptors (Lipinski definition) is 3. The van der Waals surface area contributed by atoms with Crippen LogP contribution in [0.4, 0.5) is 22.0 Å². The van der Waals surface area contributed by atoms with Crippen LogP contribution in [-0.2, 0) is 18.6 Å². The molecule has 0 aliphatic heterocycles. The molecule has 2 rings (SSSR count). The van der Waals surface area contributed by atoms with Gasteiger partial charge in [0.2, 0.25) is 0 Å². The quantitative estimate of drug-likeness (QED) is 0.517. The summed E-state index contributed by atoms with van der Waals surface area (Å²) in [4.78, 5) is 0. The third-order valence-electron chi connectivity index (χ3n) is 4.57. The van der Waals surface area contributed by atoms with E-state index in [9.17, 15) is 27.1 Å². The lowest BCUT2D eigenvalue weighted by Crippen LogP contribution is -2.24. The second-order valence-electron chi connectivity index (χ2n) is 6.76. The van der Waals surface area contributed by atoms with Crippen LogP contribution in [0.25, 0.3) is 11.3 Å². The second kappa shape index (κ2) is 8.87. The SMILES string of the molecule is CCc1nn(CC)c(-c2ccc(C(C)(O)CCC(F)(F)F)cc2OC(F)F)c1Cl. The minimum Gasteiger partial charge on any atom is -0.434 e. The van der Waals surface area contributed by atoms with Crippen molar-refractivity contribution in [1.29, 1.82) is 0 Å². The number of benzene rings is 1. The summed E-state index contributed by atoms with van der Waals surface area (Å²) >= 11 is 6.38. The minimum absolute atomic E-state index is 0.0237. The molecular weight excluding hydrogens is 419 g/mol. The van der Waals surface area contributed by atoms with Gasteiger partial charge in [-0.3, -0.25) is 4.68 Å². The Morgan fingerprint density at radius 1 is 1.21 bits per heavy atom. The van der Waals surface area contributed by atoms with E-state index in [0.29, 0.717) is 24.4 Å². The van der Waals surface area contributed by atoms with Crippen molar-refractivity contribution in [3.63, 3.8) is 0 Å². The lowest BCUT2D eigenvalue weighted by molar-refractivity contribution is -0.146. The van der Waals surface area contributed by atoms with E-state index in [1.807, 2.05) is 6.92 Å². The minimum atomic E-state index is -4.45. The molecule has 1 N–H and O–H groups in total. The van der Waals surface area contributed by atoms with Gasteiger partial charge in [0.15, 0.2) is 0 Å². The Labute approximate surface area is 170 Å². The molecule has 2 aromatic rings. The molecule has 0 saturated heterocycles. The van der Waals surface area contributed by atoms with Gasteiger partial charge in [0.25, 0.3) is 0 Å². The van der Waals surface area contributed by atoms with Crippen molar-refractivity contribution >= 4 is 11.6 Å². The second-order valence-corrected chi connectivity index (χ2v) is 7.14. The highest BCUT2D eigenvalue weighted by Crippen LogP contribution is 2.41. The average Bonchev–Trinajstić information content (AvgIpc) is 2.94. The van der Waals surface area contributed by atoms with E-state index < -0.39 is 31.2 Å². The van der Waals surface area contributed by atoms with E-state index in [-0.39, 0.29) is 21.9 Å². The summed E-state index contributed by atoms with van der Waals surface area (Å²) < 4.78 is 69.8. The van der Waals surface area contributed by atoms with E-state index in [2.05, 4.69) is 9.84 Å². The Bertz CT molecular complexity index is 850. The molecule has 0 fully saturated rings. The molecule has 0 radical (unpaired) electrons. The first-order chi connectivity index (χ1) is 13.4. The van der Waals surface area contributed by atoms with Gasteiger partial charge in [-0.15, -0.1) is 0 Å². The van der Waals surface area contributed by atoms with Crippen molar-refractivity contribution in [2.45, 2.75) is 65.0 Å². The normalized spacial score (nSPS) is 14.3. The summed E-state index contributed by atoms with van der Waals surface area (Å²) in [6, 6.07) is 3.88. The summed E-state index contributed by atoms with van der Waals surface area (Å²) in [7, 11) is 0. The molecular formula is C19H22ClF5N2O2. The van der Waals surface area contributed by atoms with E-state index >= 15 is 0 Å². The standard InChI is InChI=1S/C19H22ClF5N2O2/c1-4-13-15(20)16(27(5-2)26-13)12-7-6-11(10-14(12)29-17(21)22)18(3,28)8-9-19(23,24)25/h6-7,10,17,28H,4-5,8-9H2,1-3H3. The Morgan fingerprint density at radius 3 is 2.38 bits per heavy atom. The molecule has 1 aromatic heterocycles. The molecule has 1 aromatic carbocycles. The zero-order chi connectivity index (χ0) is 22.0. The average molecular weight is 441 g/mol. The van der Waals surface area contributed by atoms with Gasteiger partial charge in [0, 0.05) is 18.5 Å². The molecule has 1 atom stereocenters. The molecule has 0 bridgehead atoms. The van der Waals surface area contributed by atoms with Crippen molar-refractivity contribution in [2.75, 3.05) is 0 Å². The van der Waals surface area contributed by atoms with Crippen LogP contribution in [-0.4, -0.2) is 27.7 Å². The van der Waals surface area contributed by atoms with Gasteiger partial charge < -0.3 is 9.84 Å². The summed E-state index contributed by atoms with van der Waals surface area (Å²) in [6.07, 6.45) is -5.78. The predicted molar refractivity (Wildman–Crippen MR) is 99.2 cm³/mol. The largest absolute Gasteiger partial charge is 0.434 e. The monoisotopic (exact) mass is 440 g/mol. The van der Waals surface area contributed by atoms with Crippen LogP contribution in [0, 0.1) is 0 Å². The van der Waals surface area contributed by atoms with Crippen molar-refractivity contribution in [3.05, 3.63) is 34.5 Å². The van der Waals surface area contributed by atoms with Crippen molar-refractivity contribution in [2.24, 2.45) is 0 Å². The Morgan fingerprint density at radius 2 is 1.86 bits per heavy atom. The van der Waals surface area contributed by atoms with Gasteiger partial charge >= 0.3 is 12.8 Å². The number of hydrogen-bond donors (Lipinski definition) is 1. The molecule has 0 spiro atoms. The Balaban J connectivity index is 2.55. The Hall–Kier alpha value is -1.87. The number of aromatic nitrogens is 2. The topological polar surface area (TPSA) is 47.3 Å². The fourth-order valence-corrected chi connectivity index (χ4v) is 3.35. The third kappa shape index (κ3) is 5.60. The van der Waals surface area contributed by atoms with Crippen molar-refractivity contribution in [1.82, 2.24) is 9.78 Å². The van der Waals surface area contributed by atoms with Crippen molar-refractivity contribution < 1.29 is 31.8 Å². The number of aliphatic hydroxyl groups is 1. The van der Waals surface area contributed by atoms with Crippen LogP contribution in [0.2, 0.25) is 5.02 Å². The zero-order valence-electron chi connectivity index (χ0n) is 16.2. The Kier molecular flexibility index (Phi) is 7.16. The number of rotatable bonds is 8. The van der Waals surface area contributed by atoms with Crippen LogP contribution in [0.5, 0.6) is 5.75 Å². The lowest BCUT2D eigenvalue weighted by Gasteiger charge is -2.26. The number of ether oxygens (including phenoxy) is 1. The molecule has 0 amide bonds. The summed E-state index contributed by atoms with van der Waals surface area (Å²) in [5, 5.41) is 15.1. The number of nitrogens with zero attached hydrogens (tertiary/aromatic N) is 2. The first-order valence-electron chi connectivity index (χ1n) is 9.03. The van der Waals surface area contributed by atoms with Crippen LogP contribution in [0.1, 0.15) is 44.9 Å². The number of alkyl halides is 5. The summed E-state index contributed by atoms with van der Waals surface area (Å²) in [5.41, 5.74) is -0.719. The van der Waals surface area contributed by atoms with Gasteiger partial charge in [-0.1, -0.05) is 24.6 Å². The van der Waals surface area contributed by atoms with E-state index in [0.717, 1.165) is 6.07 Å². The first kappa shape index (κ1) is 23.4. The maximum atomic E-state index is 13.0. The maximum absolute atomic E-state index is 13.0. The molecule has 0 aliphatic carbocycles. The van der Waals surface area contributed by atoms with Gasteiger partial charge in [0.05, 0.1) is 22.0 Å². The highest BCUT2D eigenvalue weighted by atomic mass is 35.5. The lowest BCUT2D eigenvalue weighted by atomic mass is 9.89. The molecule has 4 nitrogen and oxygen atoms in total. The highest BCUT2D eigenvalue weighted by molar-refractivity contribution is 6.33. The molecule has 162 valence electrons. The number of aryl methyl sites for hydroxylation is 2. The molecule has 0 aliphatic rings. The molecule has 29 heavy (non-hydrogen) atoms. The summed E-state index contributed by atoms with van der Waals surface area (Å²) in [6.45, 7) is 2.07. The van der Waals surface area contributed by atoms with Gasteiger partial charge in [-0.2, -0.15) is 27.1 Å². The third-order valence-corrected chi connectivity index (χ3v) is 4.96. The highest BCUT2D eigenvalue weighted by Gasteiger charge is 2.34. The first-order valence-corrected chi connectivity index (χ1v) is 9.41. The van der Waals surface area contributed by atoms with Gasteiger partial charge in [0.1, 0.15) is 5.75 Å². The smallest absolute Gasteiger partial charge is 0.389 e. The molecule has 1 heterocycles. The van der Waals surface area contributed by atoms with Crippen LogP contribution in [0.15, 0.2) is 18.2 Å². The van der Waals surface area contributed by atoms with E-state index in [1.54, 1.807) is 6.92 Å². The van der Waals surface area contributed by atoms with Gasteiger partial charge in [-0.05, 0) is 44.4 Å². The van der Waals surface area contributed by atoms with Crippen molar-refractivity contribution in [3.8, 4) is 17.0 Å². The van der Waals surface area contributed by atoms with Crippen LogP contribution < -0.4 is 4.74 Å². The molecule has 10 heteroatoms. The van der Waals surface area contributed by atoms with Crippen LogP contribution >= 0.6 is 11.6 Å². The van der Waals surface area contributed by atoms with Gasteiger partial charge in [-0.25, -0.2) is 0 Å². The summed E-state index contributed by atoms with van der Waals surface area (Å²) in [5.74, 6) is -0.302.